The van der Waals surface area contributed by atoms with E-state index in [1.165, 1.54) is 0 Å². The van der Waals surface area contributed by atoms with Crippen LogP contribution in [0.15, 0.2) is 12.4 Å². The first-order chi connectivity index (χ1) is 13.0. The van der Waals surface area contributed by atoms with Crippen molar-refractivity contribution in [1.29, 1.82) is 0 Å². The first-order valence-corrected chi connectivity index (χ1v) is 9.37. The average molecular weight is 373 g/mol. The SMILES string of the molecule is COc1cncc(OC2CCC(NC(=O)CCc3c(C)n[nH]c3C)CC2)n1. The van der Waals surface area contributed by atoms with Crippen molar-refractivity contribution in [2.24, 2.45) is 0 Å². The zero-order valence-electron chi connectivity index (χ0n) is 16.1. The first kappa shape index (κ1) is 19.1. The molecule has 2 N–H and O–H groups in total. The summed E-state index contributed by atoms with van der Waals surface area (Å²) in [7, 11) is 1.55. The number of nitrogens with one attached hydrogen (secondary N) is 2. The minimum absolute atomic E-state index is 0.0933. The molecule has 0 aromatic carbocycles. The number of aryl methyl sites for hydroxylation is 2. The van der Waals surface area contributed by atoms with E-state index in [0.29, 0.717) is 24.6 Å². The number of H-pyrrole nitrogens is 1. The maximum absolute atomic E-state index is 12.3. The molecule has 146 valence electrons. The second-order valence-corrected chi connectivity index (χ2v) is 6.97. The average Bonchev–Trinajstić information content (AvgIpc) is 2.99. The predicted molar refractivity (Wildman–Crippen MR) is 99.8 cm³/mol. The number of aromatic amines is 1. The van der Waals surface area contributed by atoms with Crippen LogP contribution in [0.2, 0.25) is 0 Å². The van der Waals surface area contributed by atoms with Gasteiger partial charge >= 0.3 is 0 Å². The van der Waals surface area contributed by atoms with Gasteiger partial charge in [-0.15, -0.1) is 0 Å². The molecule has 27 heavy (non-hydrogen) atoms. The summed E-state index contributed by atoms with van der Waals surface area (Å²) < 4.78 is 11.0. The Morgan fingerprint density at radius 2 is 1.96 bits per heavy atom. The van der Waals surface area contributed by atoms with Gasteiger partial charge in [0.05, 0.1) is 25.2 Å². The van der Waals surface area contributed by atoms with Crippen LogP contribution in [-0.2, 0) is 11.2 Å². The lowest BCUT2D eigenvalue weighted by atomic mass is 9.92. The third-order valence-electron chi connectivity index (χ3n) is 5.01. The van der Waals surface area contributed by atoms with Crippen LogP contribution in [0.5, 0.6) is 11.8 Å². The number of carbonyl (C=O) groups excluding carboxylic acids is 1. The molecule has 0 radical (unpaired) electrons. The second kappa shape index (κ2) is 8.83. The maximum Gasteiger partial charge on any atom is 0.235 e. The Morgan fingerprint density at radius 1 is 1.22 bits per heavy atom. The number of carbonyl (C=O) groups is 1. The maximum atomic E-state index is 12.3. The fourth-order valence-corrected chi connectivity index (χ4v) is 3.46. The van der Waals surface area contributed by atoms with Crippen LogP contribution in [0.1, 0.15) is 49.1 Å². The van der Waals surface area contributed by atoms with Gasteiger partial charge in [0.2, 0.25) is 17.7 Å². The number of methoxy groups -OCH3 is 1. The summed E-state index contributed by atoms with van der Waals surface area (Å²) in [5.41, 5.74) is 3.15. The van der Waals surface area contributed by atoms with E-state index in [1.807, 2.05) is 13.8 Å². The van der Waals surface area contributed by atoms with E-state index in [9.17, 15) is 4.79 Å². The van der Waals surface area contributed by atoms with Crippen LogP contribution >= 0.6 is 0 Å². The van der Waals surface area contributed by atoms with Crippen molar-refractivity contribution in [3.05, 3.63) is 29.3 Å². The molecular formula is C19H27N5O3. The zero-order chi connectivity index (χ0) is 19.2. The first-order valence-electron chi connectivity index (χ1n) is 9.37. The number of rotatable bonds is 7. The summed E-state index contributed by atoms with van der Waals surface area (Å²) in [6, 6.07) is 0.209. The van der Waals surface area contributed by atoms with Gasteiger partial charge < -0.3 is 14.8 Å². The Hall–Kier alpha value is -2.64. The fourth-order valence-electron chi connectivity index (χ4n) is 3.46. The lowest BCUT2D eigenvalue weighted by Gasteiger charge is -2.29. The molecule has 0 unspecified atom stereocenters. The summed E-state index contributed by atoms with van der Waals surface area (Å²) in [5.74, 6) is 1.02. The molecule has 3 rings (SSSR count). The molecule has 1 amide bonds. The van der Waals surface area contributed by atoms with Crippen LogP contribution in [-0.4, -0.2) is 45.3 Å². The van der Waals surface area contributed by atoms with Gasteiger partial charge in [-0.25, -0.2) is 0 Å². The molecule has 2 aromatic heterocycles. The number of amides is 1. The zero-order valence-corrected chi connectivity index (χ0v) is 16.1. The molecule has 0 bridgehead atoms. The predicted octanol–water partition coefficient (Wildman–Crippen LogP) is 2.26. The molecule has 2 aromatic rings. The highest BCUT2D eigenvalue weighted by Gasteiger charge is 2.24. The van der Waals surface area contributed by atoms with Crippen molar-refractivity contribution in [2.75, 3.05) is 7.11 Å². The van der Waals surface area contributed by atoms with Crippen LogP contribution in [0, 0.1) is 13.8 Å². The Balaban J connectivity index is 1.40. The summed E-state index contributed by atoms with van der Waals surface area (Å²) in [6.07, 6.45) is 7.99. The number of hydrogen-bond donors (Lipinski definition) is 2. The highest BCUT2D eigenvalue weighted by molar-refractivity contribution is 5.76. The van der Waals surface area contributed by atoms with E-state index in [2.05, 4.69) is 25.5 Å². The molecule has 2 heterocycles. The highest BCUT2D eigenvalue weighted by Crippen LogP contribution is 2.23. The third-order valence-corrected chi connectivity index (χ3v) is 5.01. The van der Waals surface area contributed by atoms with E-state index in [1.54, 1.807) is 19.5 Å². The van der Waals surface area contributed by atoms with Gasteiger partial charge in [0.1, 0.15) is 6.10 Å². The second-order valence-electron chi connectivity index (χ2n) is 6.97. The Morgan fingerprint density at radius 3 is 2.63 bits per heavy atom. The lowest BCUT2D eigenvalue weighted by Crippen LogP contribution is -2.39. The van der Waals surface area contributed by atoms with Crippen LogP contribution in [0.3, 0.4) is 0 Å². The largest absolute Gasteiger partial charge is 0.480 e. The topological polar surface area (TPSA) is 102 Å². The number of ether oxygens (including phenoxy) is 2. The van der Waals surface area contributed by atoms with Crippen molar-refractivity contribution in [2.45, 2.75) is 64.5 Å². The number of aromatic nitrogens is 4. The molecule has 0 atom stereocenters. The van der Waals surface area contributed by atoms with E-state index in [4.69, 9.17) is 9.47 Å². The van der Waals surface area contributed by atoms with Crippen molar-refractivity contribution < 1.29 is 14.3 Å². The van der Waals surface area contributed by atoms with Crippen molar-refractivity contribution >= 4 is 5.91 Å². The molecular weight excluding hydrogens is 346 g/mol. The third kappa shape index (κ3) is 5.18. The summed E-state index contributed by atoms with van der Waals surface area (Å²) in [6.45, 7) is 3.95. The van der Waals surface area contributed by atoms with Gasteiger partial charge in [-0.1, -0.05) is 0 Å². The van der Waals surface area contributed by atoms with Gasteiger partial charge in [0.25, 0.3) is 0 Å². The molecule has 8 nitrogen and oxygen atoms in total. The minimum atomic E-state index is 0.0933. The summed E-state index contributed by atoms with van der Waals surface area (Å²) >= 11 is 0. The van der Waals surface area contributed by atoms with Crippen LogP contribution < -0.4 is 14.8 Å². The van der Waals surface area contributed by atoms with E-state index >= 15 is 0 Å². The molecule has 1 saturated carbocycles. The van der Waals surface area contributed by atoms with Crippen molar-refractivity contribution in [1.82, 2.24) is 25.5 Å². The molecule has 1 fully saturated rings. The monoisotopic (exact) mass is 373 g/mol. The Bertz CT molecular complexity index is 749. The quantitative estimate of drug-likeness (QED) is 0.772. The fraction of sp³-hybridized carbons (Fsp3) is 0.579. The normalized spacial score (nSPS) is 19.5. The molecule has 1 aliphatic carbocycles. The molecule has 0 aliphatic heterocycles. The summed E-state index contributed by atoms with van der Waals surface area (Å²) in [4.78, 5) is 20.6. The van der Waals surface area contributed by atoms with Gasteiger partial charge in [-0.2, -0.15) is 10.1 Å². The summed E-state index contributed by atoms with van der Waals surface area (Å²) in [5, 5.41) is 10.3. The number of hydrogen-bond acceptors (Lipinski definition) is 6. The molecule has 8 heteroatoms. The van der Waals surface area contributed by atoms with Gasteiger partial charge in [0, 0.05) is 18.2 Å². The Labute approximate surface area is 159 Å². The molecule has 0 spiro atoms. The number of nitrogens with zero attached hydrogens (tertiary/aromatic N) is 3. The van der Waals surface area contributed by atoms with Gasteiger partial charge in [0.15, 0.2) is 0 Å². The van der Waals surface area contributed by atoms with E-state index in [-0.39, 0.29) is 18.1 Å². The van der Waals surface area contributed by atoms with Crippen LogP contribution in [0.4, 0.5) is 0 Å². The van der Waals surface area contributed by atoms with Crippen LogP contribution in [0.25, 0.3) is 0 Å². The van der Waals surface area contributed by atoms with E-state index < -0.39 is 0 Å². The van der Waals surface area contributed by atoms with Crippen molar-refractivity contribution in [3.63, 3.8) is 0 Å². The standard InChI is InChI=1S/C19H27N5O3/c1-12-16(13(2)24-23-12)8-9-17(25)21-14-4-6-15(7-5-14)27-19-11-20-10-18(22-19)26-3/h10-11,14-15H,4-9H2,1-3H3,(H,21,25)(H,23,24). The van der Waals surface area contributed by atoms with Crippen molar-refractivity contribution in [3.8, 4) is 11.8 Å². The molecule has 1 aliphatic rings. The molecule has 0 saturated heterocycles. The van der Waals surface area contributed by atoms with Gasteiger partial charge in [-0.05, 0) is 51.5 Å². The highest BCUT2D eigenvalue weighted by atomic mass is 16.5. The lowest BCUT2D eigenvalue weighted by molar-refractivity contribution is -0.122. The van der Waals surface area contributed by atoms with Gasteiger partial charge in [-0.3, -0.25) is 14.9 Å². The minimum Gasteiger partial charge on any atom is -0.480 e. The smallest absolute Gasteiger partial charge is 0.235 e. The Kier molecular flexibility index (Phi) is 6.26. The van der Waals surface area contributed by atoms with E-state index in [0.717, 1.165) is 42.6 Å².